The third-order valence-corrected chi connectivity index (χ3v) is 5.55. The van der Waals surface area contributed by atoms with Gasteiger partial charge in [0.2, 0.25) is 10.0 Å². The van der Waals surface area contributed by atoms with Gasteiger partial charge >= 0.3 is 0 Å². The molecule has 0 aromatic heterocycles. The van der Waals surface area contributed by atoms with E-state index in [0.29, 0.717) is 23.2 Å². The molecule has 0 fully saturated rings. The lowest BCUT2D eigenvalue weighted by molar-refractivity contribution is 0.101. The molecule has 2 aromatic rings. The number of hydrogen-bond donors (Lipinski definition) is 2. The largest absolute Gasteiger partial charge is 0.322 e. The van der Waals surface area contributed by atoms with Crippen LogP contribution in [0, 0.1) is 0 Å². The van der Waals surface area contributed by atoms with Crippen molar-refractivity contribution in [1.29, 1.82) is 0 Å². The number of sulfonamides is 1. The smallest absolute Gasteiger partial charge is 0.255 e. The fourth-order valence-corrected chi connectivity index (χ4v) is 3.52. The van der Waals surface area contributed by atoms with Gasteiger partial charge < -0.3 is 5.32 Å². The number of nitrogens with one attached hydrogen (secondary N) is 2. The van der Waals surface area contributed by atoms with Gasteiger partial charge in [-0.05, 0) is 68.8 Å². The molecule has 138 valence electrons. The summed E-state index contributed by atoms with van der Waals surface area (Å²) >= 11 is 0. The average molecular weight is 374 g/mol. The summed E-state index contributed by atoms with van der Waals surface area (Å²) in [7, 11) is -3.60. The van der Waals surface area contributed by atoms with Crippen LogP contribution in [0.4, 0.5) is 5.69 Å². The maximum absolute atomic E-state index is 12.3. The Morgan fingerprint density at radius 1 is 0.962 bits per heavy atom. The number of ketones is 1. The number of amides is 1. The van der Waals surface area contributed by atoms with E-state index >= 15 is 0 Å². The van der Waals surface area contributed by atoms with Crippen LogP contribution in [0.1, 0.15) is 47.9 Å². The van der Waals surface area contributed by atoms with E-state index in [0.717, 1.165) is 0 Å². The molecule has 1 amide bonds. The molecule has 0 aliphatic rings. The molecule has 1 atom stereocenters. The Morgan fingerprint density at radius 2 is 1.50 bits per heavy atom. The van der Waals surface area contributed by atoms with Crippen LogP contribution < -0.4 is 10.0 Å². The molecule has 0 aliphatic carbocycles. The van der Waals surface area contributed by atoms with Crippen molar-refractivity contribution >= 4 is 27.4 Å². The number of hydrogen-bond acceptors (Lipinski definition) is 4. The summed E-state index contributed by atoms with van der Waals surface area (Å²) in [6, 6.07) is 12.1. The zero-order valence-electron chi connectivity index (χ0n) is 14.9. The van der Waals surface area contributed by atoms with Gasteiger partial charge in [-0.2, -0.15) is 0 Å². The Morgan fingerprint density at radius 3 is 2.00 bits per heavy atom. The number of carbonyl (C=O) groups excluding carboxylic acids is 2. The summed E-state index contributed by atoms with van der Waals surface area (Å²) < 4.78 is 27.0. The number of rotatable bonds is 7. The molecule has 0 saturated heterocycles. The Kier molecular flexibility index (Phi) is 6.28. The van der Waals surface area contributed by atoms with Crippen LogP contribution in [-0.2, 0) is 10.0 Å². The van der Waals surface area contributed by atoms with Crippen LogP contribution in [-0.4, -0.2) is 26.2 Å². The first-order valence-corrected chi connectivity index (χ1v) is 9.76. The van der Waals surface area contributed by atoms with E-state index in [2.05, 4.69) is 10.0 Å². The van der Waals surface area contributed by atoms with E-state index in [1.54, 1.807) is 31.2 Å². The van der Waals surface area contributed by atoms with Crippen molar-refractivity contribution < 1.29 is 18.0 Å². The molecule has 0 aliphatic heterocycles. The monoisotopic (exact) mass is 374 g/mol. The molecule has 0 radical (unpaired) electrons. The fraction of sp³-hybridized carbons (Fsp3) is 0.263. The van der Waals surface area contributed by atoms with Gasteiger partial charge in [0.25, 0.3) is 5.91 Å². The average Bonchev–Trinajstić information content (AvgIpc) is 2.61. The number of benzene rings is 2. The predicted octanol–water partition coefficient (Wildman–Crippen LogP) is 3.22. The molecule has 2 aromatic carbocycles. The Labute approximate surface area is 153 Å². The molecule has 0 spiro atoms. The molecule has 2 rings (SSSR count). The van der Waals surface area contributed by atoms with Crippen LogP contribution in [0.2, 0.25) is 0 Å². The van der Waals surface area contributed by atoms with E-state index in [1.807, 2.05) is 6.92 Å². The van der Waals surface area contributed by atoms with Crippen molar-refractivity contribution in [2.75, 3.05) is 5.32 Å². The van der Waals surface area contributed by atoms with Crippen LogP contribution in [0.25, 0.3) is 0 Å². The lowest BCUT2D eigenvalue weighted by atomic mass is 10.1. The second kappa shape index (κ2) is 8.25. The molecule has 0 heterocycles. The summed E-state index contributed by atoms with van der Waals surface area (Å²) in [5.41, 5.74) is 1.45. The first-order chi connectivity index (χ1) is 12.2. The minimum absolute atomic E-state index is 0.0503. The highest BCUT2D eigenvalue weighted by molar-refractivity contribution is 7.89. The van der Waals surface area contributed by atoms with Gasteiger partial charge in [0.1, 0.15) is 0 Å². The Balaban J connectivity index is 2.10. The van der Waals surface area contributed by atoms with Gasteiger partial charge in [0, 0.05) is 22.9 Å². The maximum atomic E-state index is 12.3. The summed E-state index contributed by atoms with van der Waals surface area (Å²) in [4.78, 5) is 23.6. The molecule has 0 saturated carbocycles. The second-order valence-corrected chi connectivity index (χ2v) is 7.76. The molecular formula is C19H22N2O4S. The van der Waals surface area contributed by atoms with E-state index < -0.39 is 10.0 Å². The van der Waals surface area contributed by atoms with E-state index in [9.17, 15) is 18.0 Å². The van der Waals surface area contributed by atoms with E-state index in [1.165, 1.54) is 31.2 Å². The molecule has 7 heteroatoms. The molecular weight excluding hydrogens is 352 g/mol. The summed E-state index contributed by atoms with van der Waals surface area (Å²) in [5, 5.41) is 2.71. The van der Waals surface area contributed by atoms with Crippen molar-refractivity contribution in [3.05, 3.63) is 59.7 Å². The van der Waals surface area contributed by atoms with Crippen molar-refractivity contribution in [1.82, 2.24) is 4.72 Å². The first-order valence-electron chi connectivity index (χ1n) is 8.27. The van der Waals surface area contributed by atoms with E-state index in [4.69, 9.17) is 0 Å². The summed E-state index contributed by atoms with van der Waals surface area (Å²) in [6.07, 6.45) is 0.683. The van der Waals surface area contributed by atoms with E-state index in [-0.39, 0.29) is 22.6 Å². The topological polar surface area (TPSA) is 92.3 Å². The van der Waals surface area contributed by atoms with Gasteiger partial charge in [-0.25, -0.2) is 13.1 Å². The number of anilines is 1. The Bertz CT molecular complexity index is 888. The van der Waals surface area contributed by atoms with Crippen molar-refractivity contribution in [2.45, 2.75) is 38.1 Å². The summed E-state index contributed by atoms with van der Waals surface area (Å²) in [5.74, 6) is -0.412. The second-order valence-electron chi connectivity index (χ2n) is 6.04. The van der Waals surface area contributed by atoms with Crippen molar-refractivity contribution in [2.24, 2.45) is 0 Å². The standard InChI is InChI=1S/C19H22N2O4S/c1-4-13(2)21-26(24,25)18-11-7-16(8-12-18)19(23)20-17-9-5-15(6-10-17)14(3)22/h5-13,21H,4H2,1-3H3,(H,20,23)/t13-/m1/s1. The lowest BCUT2D eigenvalue weighted by Gasteiger charge is -2.12. The lowest BCUT2D eigenvalue weighted by Crippen LogP contribution is -2.32. The normalized spacial score (nSPS) is 12.4. The van der Waals surface area contributed by atoms with Gasteiger partial charge in [0.15, 0.2) is 5.78 Å². The molecule has 26 heavy (non-hydrogen) atoms. The summed E-state index contributed by atoms with van der Waals surface area (Å²) in [6.45, 7) is 5.15. The SMILES string of the molecule is CC[C@@H](C)NS(=O)(=O)c1ccc(C(=O)Nc2ccc(C(C)=O)cc2)cc1. The van der Waals surface area contributed by atoms with Crippen LogP contribution in [0.5, 0.6) is 0 Å². The highest BCUT2D eigenvalue weighted by Crippen LogP contribution is 2.15. The maximum Gasteiger partial charge on any atom is 0.255 e. The van der Waals surface area contributed by atoms with Crippen LogP contribution in [0.15, 0.2) is 53.4 Å². The van der Waals surface area contributed by atoms with Gasteiger partial charge in [-0.1, -0.05) is 6.92 Å². The Hall–Kier alpha value is -2.51. The quantitative estimate of drug-likeness (QED) is 0.728. The van der Waals surface area contributed by atoms with Crippen molar-refractivity contribution in [3.63, 3.8) is 0 Å². The zero-order chi connectivity index (χ0) is 19.3. The van der Waals surface area contributed by atoms with Crippen LogP contribution in [0.3, 0.4) is 0 Å². The molecule has 0 unspecified atom stereocenters. The number of carbonyl (C=O) groups is 2. The molecule has 2 N–H and O–H groups in total. The molecule has 6 nitrogen and oxygen atoms in total. The number of Topliss-reactive ketones (excluding diaryl/α,β-unsaturated/α-hetero) is 1. The third-order valence-electron chi connectivity index (χ3n) is 3.94. The van der Waals surface area contributed by atoms with Gasteiger partial charge in [0.05, 0.1) is 4.90 Å². The predicted molar refractivity (Wildman–Crippen MR) is 101 cm³/mol. The fourth-order valence-electron chi connectivity index (χ4n) is 2.19. The molecule has 0 bridgehead atoms. The minimum atomic E-state index is -3.60. The van der Waals surface area contributed by atoms with Crippen molar-refractivity contribution in [3.8, 4) is 0 Å². The third kappa shape index (κ3) is 5.00. The first kappa shape index (κ1) is 19.8. The minimum Gasteiger partial charge on any atom is -0.322 e. The highest BCUT2D eigenvalue weighted by atomic mass is 32.2. The van der Waals surface area contributed by atoms with Gasteiger partial charge in [-0.3, -0.25) is 9.59 Å². The van der Waals surface area contributed by atoms with Gasteiger partial charge in [-0.15, -0.1) is 0 Å². The zero-order valence-corrected chi connectivity index (χ0v) is 15.8. The highest BCUT2D eigenvalue weighted by Gasteiger charge is 2.17. The van der Waals surface area contributed by atoms with Crippen LogP contribution >= 0.6 is 0 Å².